The molecule has 0 radical (unpaired) electrons. The van der Waals surface area contributed by atoms with Gasteiger partial charge < -0.3 is 18.9 Å². The molecule has 7 heteroatoms. The van der Waals surface area contributed by atoms with Gasteiger partial charge >= 0.3 is 0 Å². The van der Waals surface area contributed by atoms with E-state index in [0.717, 1.165) is 29.9 Å². The third-order valence-corrected chi connectivity index (χ3v) is 5.57. The fourth-order valence-electron chi connectivity index (χ4n) is 3.95. The molecule has 1 fully saturated rings. The van der Waals surface area contributed by atoms with Gasteiger partial charge in [-0.2, -0.15) is 0 Å². The molecule has 148 valence electrons. The molecule has 2 aliphatic rings. The van der Waals surface area contributed by atoms with Crippen molar-refractivity contribution in [3.63, 3.8) is 0 Å². The first kappa shape index (κ1) is 18.5. The molecule has 7 nitrogen and oxygen atoms in total. The Bertz CT molecular complexity index is 885. The predicted molar refractivity (Wildman–Crippen MR) is 100 cm³/mol. The van der Waals surface area contributed by atoms with Crippen molar-refractivity contribution in [3.05, 3.63) is 40.8 Å². The molecular formula is C21H24N2O5. The van der Waals surface area contributed by atoms with Crippen LogP contribution in [0.4, 0.5) is 0 Å². The first-order valence-corrected chi connectivity index (χ1v) is 9.66. The Morgan fingerprint density at radius 3 is 2.82 bits per heavy atom. The number of carbonyl (C=O) groups is 2. The minimum atomic E-state index is -0.183. The number of fused-ring (bicyclic) bond motifs is 1. The fourth-order valence-corrected chi connectivity index (χ4v) is 3.95. The van der Waals surface area contributed by atoms with E-state index >= 15 is 0 Å². The Kier molecular flexibility index (Phi) is 5.07. The van der Waals surface area contributed by atoms with Crippen LogP contribution in [0.5, 0.6) is 11.5 Å². The van der Waals surface area contributed by atoms with E-state index < -0.39 is 0 Å². The van der Waals surface area contributed by atoms with Gasteiger partial charge in [-0.05, 0) is 51.3 Å². The summed E-state index contributed by atoms with van der Waals surface area (Å²) in [6.45, 7) is 5.10. The summed E-state index contributed by atoms with van der Waals surface area (Å²) in [6.07, 6.45) is 2.63. The molecule has 1 unspecified atom stereocenters. The number of benzene rings is 1. The number of rotatable bonds is 5. The number of piperidine rings is 1. The molecule has 0 N–H and O–H groups in total. The summed E-state index contributed by atoms with van der Waals surface area (Å²) in [5.74, 6) is 1.98. The predicted octanol–water partition coefficient (Wildman–Crippen LogP) is 3.07. The van der Waals surface area contributed by atoms with Crippen molar-refractivity contribution in [1.82, 2.24) is 10.1 Å². The Balaban J connectivity index is 1.38. The lowest BCUT2D eigenvalue weighted by Crippen LogP contribution is -2.42. The van der Waals surface area contributed by atoms with Gasteiger partial charge in [0.25, 0.3) is 0 Å². The summed E-state index contributed by atoms with van der Waals surface area (Å²) < 4.78 is 15.8. The largest absolute Gasteiger partial charge is 0.454 e. The number of aryl methyl sites for hydroxylation is 2. The van der Waals surface area contributed by atoms with Gasteiger partial charge in [-0.25, -0.2) is 0 Å². The maximum absolute atomic E-state index is 12.9. The van der Waals surface area contributed by atoms with Crippen LogP contribution in [0.1, 0.15) is 46.6 Å². The molecule has 0 spiro atoms. The van der Waals surface area contributed by atoms with E-state index in [-0.39, 0.29) is 24.4 Å². The van der Waals surface area contributed by atoms with Crippen LogP contribution >= 0.6 is 0 Å². The van der Waals surface area contributed by atoms with Crippen molar-refractivity contribution in [2.75, 3.05) is 19.9 Å². The Hall–Kier alpha value is -2.83. The van der Waals surface area contributed by atoms with Gasteiger partial charge in [-0.15, -0.1) is 0 Å². The first-order valence-electron chi connectivity index (χ1n) is 9.66. The number of Topliss-reactive ketones (excluding diaryl/α,β-unsaturated/α-hetero) is 1. The lowest BCUT2D eigenvalue weighted by molar-refractivity contribution is -0.132. The third kappa shape index (κ3) is 3.61. The molecule has 1 amide bonds. The van der Waals surface area contributed by atoms with E-state index in [1.54, 1.807) is 18.2 Å². The van der Waals surface area contributed by atoms with Crippen molar-refractivity contribution in [3.8, 4) is 11.5 Å². The summed E-state index contributed by atoms with van der Waals surface area (Å²) in [5, 5.41) is 3.94. The number of amides is 1. The minimum absolute atomic E-state index is 0.0570. The zero-order valence-electron chi connectivity index (χ0n) is 16.2. The van der Waals surface area contributed by atoms with Crippen molar-refractivity contribution in [2.45, 2.75) is 39.5 Å². The number of ketones is 1. The van der Waals surface area contributed by atoms with E-state index in [9.17, 15) is 9.59 Å². The minimum Gasteiger partial charge on any atom is -0.454 e. The second kappa shape index (κ2) is 7.66. The van der Waals surface area contributed by atoms with E-state index in [0.29, 0.717) is 43.0 Å². The van der Waals surface area contributed by atoms with Crippen LogP contribution in [0, 0.1) is 19.8 Å². The summed E-state index contributed by atoms with van der Waals surface area (Å²) in [7, 11) is 0. The van der Waals surface area contributed by atoms with Crippen LogP contribution in [-0.2, 0) is 11.2 Å². The fraction of sp³-hybridized carbons (Fsp3) is 0.476. The van der Waals surface area contributed by atoms with Crippen LogP contribution < -0.4 is 9.47 Å². The Morgan fingerprint density at radius 1 is 1.21 bits per heavy atom. The zero-order valence-corrected chi connectivity index (χ0v) is 16.2. The number of hydrogen-bond acceptors (Lipinski definition) is 6. The lowest BCUT2D eigenvalue weighted by atomic mass is 9.89. The smallest absolute Gasteiger partial charge is 0.231 e. The maximum Gasteiger partial charge on any atom is 0.231 e. The standard InChI is InChI=1S/C21H24N2O5/c1-13-17(14(2)28-22-13)6-8-20(24)23-9-3-4-16(11-23)21(25)15-5-7-18-19(10-15)27-12-26-18/h5,7,10,16H,3-4,6,8-9,11-12H2,1-2H3. The number of carbonyl (C=O) groups excluding carboxylic acids is 2. The first-order chi connectivity index (χ1) is 13.5. The summed E-state index contributed by atoms with van der Waals surface area (Å²) in [4.78, 5) is 27.5. The maximum atomic E-state index is 12.9. The van der Waals surface area contributed by atoms with Crippen LogP contribution in [0.3, 0.4) is 0 Å². The summed E-state index contributed by atoms with van der Waals surface area (Å²) >= 11 is 0. The van der Waals surface area contributed by atoms with E-state index in [1.165, 1.54) is 0 Å². The number of hydrogen-bond donors (Lipinski definition) is 0. The average Bonchev–Trinajstić information content (AvgIpc) is 3.31. The third-order valence-electron chi connectivity index (χ3n) is 5.57. The average molecular weight is 384 g/mol. The van der Waals surface area contributed by atoms with Gasteiger partial charge in [0.2, 0.25) is 12.7 Å². The van der Waals surface area contributed by atoms with Crippen molar-refractivity contribution in [1.29, 1.82) is 0 Å². The van der Waals surface area contributed by atoms with Crippen LogP contribution in [0.2, 0.25) is 0 Å². The van der Waals surface area contributed by atoms with Gasteiger partial charge in [-0.3, -0.25) is 9.59 Å². The molecule has 0 bridgehead atoms. The summed E-state index contributed by atoms with van der Waals surface area (Å²) in [6, 6.07) is 5.28. The lowest BCUT2D eigenvalue weighted by Gasteiger charge is -2.32. The van der Waals surface area contributed by atoms with Crippen molar-refractivity contribution in [2.24, 2.45) is 5.92 Å². The van der Waals surface area contributed by atoms with E-state index in [2.05, 4.69) is 5.16 Å². The number of aromatic nitrogens is 1. The van der Waals surface area contributed by atoms with Gasteiger partial charge in [0.1, 0.15) is 5.76 Å². The highest BCUT2D eigenvalue weighted by atomic mass is 16.7. The van der Waals surface area contributed by atoms with Crippen molar-refractivity contribution < 1.29 is 23.6 Å². The van der Waals surface area contributed by atoms with Gasteiger partial charge in [-0.1, -0.05) is 5.16 Å². The Labute approximate surface area is 163 Å². The topological polar surface area (TPSA) is 81.9 Å². The van der Waals surface area contributed by atoms with E-state index in [1.807, 2.05) is 18.7 Å². The highest BCUT2D eigenvalue weighted by Gasteiger charge is 2.30. The summed E-state index contributed by atoms with van der Waals surface area (Å²) in [5.41, 5.74) is 2.44. The highest BCUT2D eigenvalue weighted by Crippen LogP contribution is 2.34. The zero-order chi connectivity index (χ0) is 19.7. The normalized spacial score (nSPS) is 18.4. The molecule has 1 aromatic carbocycles. The van der Waals surface area contributed by atoms with Crippen LogP contribution in [0.25, 0.3) is 0 Å². The Morgan fingerprint density at radius 2 is 2.04 bits per heavy atom. The number of likely N-dealkylation sites (tertiary alicyclic amines) is 1. The SMILES string of the molecule is Cc1noc(C)c1CCC(=O)N1CCCC(C(=O)c2ccc3c(c2)OCO3)C1. The monoisotopic (exact) mass is 384 g/mol. The molecule has 0 aliphatic carbocycles. The molecule has 3 heterocycles. The molecular weight excluding hydrogens is 360 g/mol. The number of nitrogens with zero attached hydrogens (tertiary/aromatic N) is 2. The molecule has 4 rings (SSSR count). The second-order valence-electron chi connectivity index (χ2n) is 7.41. The molecule has 1 saturated heterocycles. The molecule has 0 saturated carbocycles. The molecule has 2 aromatic rings. The second-order valence-corrected chi connectivity index (χ2v) is 7.41. The van der Waals surface area contributed by atoms with Crippen LogP contribution in [0.15, 0.2) is 22.7 Å². The van der Waals surface area contributed by atoms with Gasteiger partial charge in [0.15, 0.2) is 17.3 Å². The number of ether oxygens (including phenoxy) is 2. The van der Waals surface area contributed by atoms with Gasteiger partial charge in [0.05, 0.1) is 5.69 Å². The quantitative estimate of drug-likeness (QED) is 0.737. The molecule has 1 atom stereocenters. The van der Waals surface area contributed by atoms with E-state index in [4.69, 9.17) is 14.0 Å². The van der Waals surface area contributed by atoms with Crippen LogP contribution in [-0.4, -0.2) is 41.6 Å². The molecule has 28 heavy (non-hydrogen) atoms. The van der Waals surface area contributed by atoms with Crippen molar-refractivity contribution >= 4 is 11.7 Å². The molecule has 2 aliphatic heterocycles. The molecule has 1 aromatic heterocycles. The van der Waals surface area contributed by atoms with Gasteiger partial charge in [0, 0.05) is 36.6 Å². The highest BCUT2D eigenvalue weighted by molar-refractivity contribution is 5.99.